The molecule has 0 unspecified atom stereocenters. The summed E-state index contributed by atoms with van der Waals surface area (Å²) in [5.41, 5.74) is 8.08. The molecule has 1 atom stereocenters. The number of sulfone groups is 1. The highest BCUT2D eigenvalue weighted by Gasteiger charge is 2.31. The minimum Gasteiger partial charge on any atom is -0.399 e. The number of anilines is 2. The first-order chi connectivity index (χ1) is 15.8. The Morgan fingerprint density at radius 1 is 1.06 bits per heavy atom. The van der Waals surface area contributed by atoms with Crippen LogP contribution in [0.2, 0.25) is 0 Å². The largest absolute Gasteiger partial charge is 0.416 e. The van der Waals surface area contributed by atoms with Gasteiger partial charge in [-0.2, -0.15) is 13.2 Å². The SMILES string of the molecule is Cc1nc(N[C@H](C)c2cc(N)cc(C(F)(F)F)c2)c2cc(C3CCS(=O)(=O)CC3)cc(C)c2n1. The number of fused-ring (bicyclic) bond motifs is 1. The number of benzene rings is 2. The highest BCUT2D eigenvalue weighted by molar-refractivity contribution is 7.91. The van der Waals surface area contributed by atoms with Gasteiger partial charge in [-0.05, 0) is 80.5 Å². The van der Waals surface area contributed by atoms with Crippen LogP contribution in [0.5, 0.6) is 0 Å². The van der Waals surface area contributed by atoms with Gasteiger partial charge >= 0.3 is 6.18 Å². The van der Waals surface area contributed by atoms with E-state index in [0.717, 1.165) is 34.2 Å². The summed E-state index contributed by atoms with van der Waals surface area (Å²) in [4.78, 5) is 9.11. The molecule has 1 aromatic heterocycles. The molecule has 1 aliphatic heterocycles. The van der Waals surface area contributed by atoms with Crippen LogP contribution in [-0.2, 0) is 16.0 Å². The van der Waals surface area contributed by atoms with Crippen LogP contribution in [0.1, 0.15) is 59.8 Å². The minimum absolute atomic E-state index is 0.0348. The molecule has 0 spiro atoms. The summed E-state index contributed by atoms with van der Waals surface area (Å²) < 4.78 is 63.5. The Kier molecular flexibility index (Phi) is 6.22. The van der Waals surface area contributed by atoms with E-state index in [0.29, 0.717) is 30.0 Å². The van der Waals surface area contributed by atoms with Crippen molar-refractivity contribution in [3.63, 3.8) is 0 Å². The average Bonchev–Trinajstić information content (AvgIpc) is 2.73. The molecule has 0 radical (unpaired) electrons. The van der Waals surface area contributed by atoms with Crippen LogP contribution < -0.4 is 11.1 Å². The predicted octanol–water partition coefficient (Wildman–Crippen LogP) is 5.31. The van der Waals surface area contributed by atoms with Gasteiger partial charge in [0.1, 0.15) is 21.5 Å². The number of nitrogen functional groups attached to an aromatic ring is 1. The van der Waals surface area contributed by atoms with Crippen molar-refractivity contribution in [3.05, 3.63) is 58.4 Å². The maximum Gasteiger partial charge on any atom is 0.416 e. The molecule has 0 amide bonds. The lowest BCUT2D eigenvalue weighted by atomic mass is 9.91. The fraction of sp³-hybridized carbons (Fsp3) is 0.417. The fourth-order valence-corrected chi connectivity index (χ4v) is 5.98. The summed E-state index contributed by atoms with van der Waals surface area (Å²) in [5.74, 6) is 1.49. The molecule has 3 N–H and O–H groups in total. The highest BCUT2D eigenvalue weighted by Crippen LogP contribution is 2.36. The van der Waals surface area contributed by atoms with Gasteiger partial charge in [-0.1, -0.05) is 6.07 Å². The lowest BCUT2D eigenvalue weighted by Gasteiger charge is -2.24. The molecule has 1 saturated heterocycles. The van der Waals surface area contributed by atoms with Gasteiger partial charge in [-0.25, -0.2) is 18.4 Å². The Labute approximate surface area is 196 Å². The Morgan fingerprint density at radius 3 is 2.38 bits per heavy atom. The van der Waals surface area contributed by atoms with Crippen LogP contribution in [0.3, 0.4) is 0 Å². The normalized spacial score (nSPS) is 17.6. The van der Waals surface area contributed by atoms with Crippen LogP contribution in [0.15, 0.2) is 30.3 Å². The van der Waals surface area contributed by atoms with Crippen molar-refractivity contribution >= 4 is 32.2 Å². The van der Waals surface area contributed by atoms with Crippen LogP contribution in [-0.4, -0.2) is 29.9 Å². The molecule has 0 bridgehead atoms. The number of rotatable bonds is 4. The van der Waals surface area contributed by atoms with Gasteiger partial charge in [0.25, 0.3) is 0 Å². The standard InChI is InChI=1S/C24H27F3N4O2S/c1-13-8-18(16-4-6-34(32,33)7-5-16)11-21-22(13)30-15(3)31-23(21)29-14(2)17-9-19(24(25,26)27)12-20(28)10-17/h8-12,14,16H,4-7,28H2,1-3H3,(H,29,30,31)/t14-/m1/s1. The first-order valence-corrected chi connectivity index (χ1v) is 12.9. The van der Waals surface area contributed by atoms with Gasteiger partial charge in [0.2, 0.25) is 0 Å². The Balaban J connectivity index is 1.72. The number of nitrogens with zero attached hydrogens (tertiary/aromatic N) is 2. The molecule has 182 valence electrons. The van der Waals surface area contributed by atoms with Gasteiger partial charge in [-0.3, -0.25) is 0 Å². The summed E-state index contributed by atoms with van der Waals surface area (Å²) in [7, 11) is -2.98. The van der Waals surface area contributed by atoms with E-state index in [9.17, 15) is 21.6 Å². The van der Waals surface area contributed by atoms with E-state index >= 15 is 0 Å². The molecule has 4 rings (SSSR count). The summed E-state index contributed by atoms with van der Waals surface area (Å²) in [6.07, 6.45) is -3.38. The van der Waals surface area contributed by atoms with Crippen molar-refractivity contribution < 1.29 is 21.6 Å². The molecule has 6 nitrogen and oxygen atoms in total. The van der Waals surface area contributed by atoms with E-state index in [4.69, 9.17) is 5.73 Å². The van der Waals surface area contributed by atoms with Gasteiger partial charge in [-0.15, -0.1) is 0 Å². The Bertz CT molecular complexity index is 1340. The monoisotopic (exact) mass is 492 g/mol. The number of aryl methyl sites for hydroxylation is 2. The lowest BCUT2D eigenvalue weighted by Crippen LogP contribution is -2.22. The smallest absolute Gasteiger partial charge is 0.399 e. The van der Waals surface area contributed by atoms with E-state index < -0.39 is 27.6 Å². The van der Waals surface area contributed by atoms with Gasteiger partial charge < -0.3 is 11.1 Å². The summed E-state index contributed by atoms with van der Waals surface area (Å²) in [6, 6.07) is 7.02. The zero-order valence-electron chi connectivity index (χ0n) is 19.2. The molecule has 3 aromatic rings. The van der Waals surface area contributed by atoms with Crippen molar-refractivity contribution in [1.29, 1.82) is 0 Å². The van der Waals surface area contributed by atoms with Crippen molar-refractivity contribution in [1.82, 2.24) is 9.97 Å². The number of halogens is 3. The van der Waals surface area contributed by atoms with E-state index in [-0.39, 0.29) is 23.1 Å². The van der Waals surface area contributed by atoms with Crippen molar-refractivity contribution in [2.45, 2.75) is 51.7 Å². The highest BCUT2D eigenvalue weighted by atomic mass is 32.2. The lowest BCUT2D eigenvalue weighted by molar-refractivity contribution is -0.137. The number of hydrogen-bond donors (Lipinski definition) is 2. The van der Waals surface area contributed by atoms with E-state index in [1.54, 1.807) is 13.8 Å². The van der Waals surface area contributed by atoms with Crippen molar-refractivity contribution in [2.24, 2.45) is 0 Å². The Morgan fingerprint density at radius 2 is 1.74 bits per heavy atom. The third-order valence-electron chi connectivity index (χ3n) is 6.31. The van der Waals surface area contributed by atoms with Gasteiger partial charge in [0, 0.05) is 11.1 Å². The van der Waals surface area contributed by atoms with Gasteiger partial charge in [0.05, 0.1) is 28.6 Å². The molecule has 1 fully saturated rings. The number of nitrogens with one attached hydrogen (secondary N) is 1. The number of alkyl halides is 3. The first-order valence-electron chi connectivity index (χ1n) is 11.1. The van der Waals surface area contributed by atoms with Crippen molar-refractivity contribution in [3.8, 4) is 0 Å². The van der Waals surface area contributed by atoms with Crippen molar-refractivity contribution in [2.75, 3.05) is 22.6 Å². The molecular formula is C24H27F3N4O2S. The second-order valence-electron chi connectivity index (χ2n) is 9.03. The molecule has 2 aromatic carbocycles. The predicted molar refractivity (Wildman–Crippen MR) is 128 cm³/mol. The van der Waals surface area contributed by atoms with E-state index in [2.05, 4.69) is 15.3 Å². The summed E-state index contributed by atoms with van der Waals surface area (Å²) in [5, 5.41) is 4.00. The maximum atomic E-state index is 13.3. The third-order valence-corrected chi connectivity index (χ3v) is 8.02. The maximum absolute atomic E-state index is 13.3. The number of aromatic nitrogens is 2. The van der Waals surface area contributed by atoms with Crippen LogP contribution >= 0.6 is 0 Å². The van der Waals surface area contributed by atoms with E-state index in [1.165, 1.54) is 6.07 Å². The zero-order chi connectivity index (χ0) is 24.8. The Hall–Kier alpha value is -2.88. The van der Waals surface area contributed by atoms with Crippen LogP contribution in [0.4, 0.5) is 24.7 Å². The zero-order valence-corrected chi connectivity index (χ0v) is 20.0. The molecule has 0 aliphatic carbocycles. The summed E-state index contributed by atoms with van der Waals surface area (Å²) in [6.45, 7) is 5.45. The minimum atomic E-state index is -4.50. The molecule has 2 heterocycles. The topological polar surface area (TPSA) is 98.0 Å². The number of hydrogen-bond acceptors (Lipinski definition) is 6. The molecular weight excluding hydrogens is 465 g/mol. The fourth-order valence-electron chi connectivity index (χ4n) is 4.49. The summed E-state index contributed by atoms with van der Waals surface area (Å²) >= 11 is 0. The quantitative estimate of drug-likeness (QED) is 0.479. The molecule has 10 heteroatoms. The van der Waals surface area contributed by atoms with E-state index in [1.807, 2.05) is 19.1 Å². The third kappa shape index (κ3) is 5.11. The molecule has 0 saturated carbocycles. The molecule has 1 aliphatic rings. The van der Waals surface area contributed by atoms with Gasteiger partial charge in [0.15, 0.2) is 0 Å². The molecule has 34 heavy (non-hydrogen) atoms. The van der Waals surface area contributed by atoms with Crippen LogP contribution in [0.25, 0.3) is 10.9 Å². The first kappa shape index (κ1) is 24.3. The second kappa shape index (κ2) is 8.72. The van der Waals surface area contributed by atoms with Crippen LogP contribution in [0, 0.1) is 13.8 Å². The number of nitrogens with two attached hydrogens (primary N) is 1. The second-order valence-corrected chi connectivity index (χ2v) is 11.3. The average molecular weight is 493 g/mol.